The van der Waals surface area contributed by atoms with Crippen LogP contribution in [-0.4, -0.2) is 23.9 Å². The van der Waals surface area contributed by atoms with E-state index in [0.29, 0.717) is 21.9 Å². The molecular formula is C11H12ClN3O3S3. The van der Waals surface area contributed by atoms with Gasteiger partial charge in [-0.2, -0.15) is 0 Å². The number of nitrogens with one attached hydrogen (secondary N) is 1. The van der Waals surface area contributed by atoms with Crippen molar-refractivity contribution in [3.63, 3.8) is 0 Å². The quantitative estimate of drug-likeness (QED) is 0.794. The molecule has 2 rings (SSSR count). The SMILES string of the molecule is CCCc1nnsc1C(=O)NCc1ccc(S(=O)(=O)Cl)s1. The largest absolute Gasteiger partial charge is 0.346 e. The molecule has 0 radical (unpaired) electrons. The number of hydrogen-bond acceptors (Lipinski definition) is 7. The molecule has 0 aliphatic carbocycles. The molecule has 0 unspecified atom stereocenters. The maximum Gasteiger partial charge on any atom is 0.270 e. The lowest BCUT2D eigenvalue weighted by Gasteiger charge is -2.02. The van der Waals surface area contributed by atoms with E-state index in [4.69, 9.17) is 10.7 Å². The van der Waals surface area contributed by atoms with Gasteiger partial charge in [-0.1, -0.05) is 17.8 Å². The second-order valence-corrected chi connectivity index (χ2v) is 8.86. The van der Waals surface area contributed by atoms with E-state index in [1.54, 1.807) is 6.07 Å². The average molecular weight is 366 g/mol. The highest BCUT2D eigenvalue weighted by molar-refractivity contribution is 8.15. The van der Waals surface area contributed by atoms with Crippen molar-refractivity contribution in [2.24, 2.45) is 0 Å². The molecule has 2 aromatic heterocycles. The third-order valence-electron chi connectivity index (χ3n) is 2.55. The van der Waals surface area contributed by atoms with Gasteiger partial charge >= 0.3 is 0 Å². The van der Waals surface area contributed by atoms with E-state index in [0.717, 1.165) is 29.3 Å². The molecule has 0 saturated heterocycles. The van der Waals surface area contributed by atoms with Gasteiger partial charge < -0.3 is 5.32 Å². The maximum absolute atomic E-state index is 12.1. The molecule has 21 heavy (non-hydrogen) atoms. The highest BCUT2D eigenvalue weighted by atomic mass is 35.7. The standard InChI is InChI=1S/C11H12ClN3O3S3/c1-2-3-8-10(20-15-14-8)11(16)13-6-7-4-5-9(19-7)21(12,17)18/h4-5H,2-3,6H2,1H3,(H,13,16). The van der Waals surface area contributed by atoms with Crippen molar-refractivity contribution in [1.82, 2.24) is 14.9 Å². The van der Waals surface area contributed by atoms with Crippen molar-refractivity contribution in [1.29, 1.82) is 0 Å². The van der Waals surface area contributed by atoms with Gasteiger partial charge in [0.1, 0.15) is 9.09 Å². The van der Waals surface area contributed by atoms with E-state index in [-0.39, 0.29) is 16.7 Å². The van der Waals surface area contributed by atoms with E-state index >= 15 is 0 Å². The summed E-state index contributed by atoms with van der Waals surface area (Å²) in [5.74, 6) is -0.253. The first kappa shape index (κ1) is 16.3. The van der Waals surface area contributed by atoms with E-state index < -0.39 is 9.05 Å². The van der Waals surface area contributed by atoms with Crippen molar-refractivity contribution < 1.29 is 13.2 Å². The van der Waals surface area contributed by atoms with Gasteiger partial charge in [-0.3, -0.25) is 4.79 Å². The number of carbonyl (C=O) groups excluding carboxylic acids is 1. The number of amides is 1. The Hall–Kier alpha value is -1.03. The normalized spacial score (nSPS) is 11.5. The lowest BCUT2D eigenvalue weighted by molar-refractivity contribution is 0.0954. The molecule has 0 aliphatic heterocycles. The van der Waals surface area contributed by atoms with Crippen LogP contribution >= 0.6 is 33.6 Å². The number of halogens is 1. The van der Waals surface area contributed by atoms with E-state index in [9.17, 15) is 13.2 Å². The lowest BCUT2D eigenvalue weighted by Crippen LogP contribution is -2.22. The molecule has 0 bridgehead atoms. The number of aromatic nitrogens is 2. The van der Waals surface area contributed by atoms with Gasteiger partial charge in [0.15, 0.2) is 0 Å². The molecule has 114 valence electrons. The van der Waals surface area contributed by atoms with Crippen LogP contribution in [0.15, 0.2) is 16.3 Å². The van der Waals surface area contributed by atoms with Crippen LogP contribution in [0.25, 0.3) is 0 Å². The second kappa shape index (κ2) is 6.82. The zero-order chi connectivity index (χ0) is 15.5. The minimum Gasteiger partial charge on any atom is -0.346 e. The minimum atomic E-state index is -3.72. The number of hydrogen-bond donors (Lipinski definition) is 1. The molecule has 2 heterocycles. The Bertz CT molecular complexity index is 739. The smallest absolute Gasteiger partial charge is 0.270 e. The van der Waals surface area contributed by atoms with Crippen LogP contribution in [0.1, 0.15) is 33.6 Å². The Morgan fingerprint density at radius 3 is 2.81 bits per heavy atom. The van der Waals surface area contributed by atoms with E-state index in [1.807, 2.05) is 6.92 Å². The van der Waals surface area contributed by atoms with Crippen molar-refractivity contribution in [3.05, 3.63) is 27.6 Å². The first-order chi connectivity index (χ1) is 9.91. The van der Waals surface area contributed by atoms with Crippen LogP contribution in [0.2, 0.25) is 0 Å². The molecule has 10 heteroatoms. The van der Waals surface area contributed by atoms with Crippen LogP contribution in [0.5, 0.6) is 0 Å². The van der Waals surface area contributed by atoms with E-state index in [1.165, 1.54) is 6.07 Å². The average Bonchev–Trinajstić information content (AvgIpc) is 3.04. The van der Waals surface area contributed by atoms with Gasteiger partial charge in [-0.15, -0.1) is 16.4 Å². The summed E-state index contributed by atoms with van der Waals surface area (Å²) in [6.07, 6.45) is 1.58. The number of thiophene rings is 1. The van der Waals surface area contributed by atoms with Crippen LogP contribution in [0.4, 0.5) is 0 Å². The lowest BCUT2D eigenvalue weighted by atomic mass is 10.2. The van der Waals surface area contributed by atoms with Crippen molar-refractivity contribution in [3.8, 4) is 0 Å². The van der Waals surface area contributed by atoms with Crippen molar-refractivity contribution >= 4 is 48.5 Å². The molecule has 0 aromatic carbocycles. The molecule has 0 fully saturated rings. The molecule has 2 aromatic rings. The molecule has 0 spiro atoms. The van der Waals surface area contributed by atoms with Gasteiger partial charge in [-0.05, 0) is 30.1 Å². The number of rotatable bonds is 6. The molecule has 1 amide bonds. The Labute approximate surface area is 134 Å². The van der Waals surface area contributed by atoms with Gasteiger partial charge in [0, 0.05) is 15.6 Å². The van der Waals surface area contributed by atoms with Gasteiger partial charge in [0.2, 0.25) is 0 Å². The zero-order valence-corrected chi connectivity index (χ0v) is 14.2. The Morgan fingerprint density at radius 2 is 2.19 bits per heavy atom. The van der Waals surface area contributed by atoms with Crippen LogP contribution < -0.4 is 5.32 Å². The third-order valence-corrected chi connectivity index (χ3v) is 6.49. The summed E-state index contributed by atoms with van der Waals surface area (Å²) in [5, 5.41) is 6.66. The second-order valence-electron chi connectivity index (χ2n) is 4.14. The van der Waals surface area contributed by atoms with Crippen LogP contribution in [-0.2, 0) is 22.0 Å². The van der Waals surface area contributed by atoms with Crippen LogP contribution in [0.3, 0.4) is 0 Å². The Balaban J connectivity index is 2.01. The maximum atomic E-state index is 12.1. The fraction of sp³-hybridized carbons (Fsp3) is 0.364. The monoisotopic (exact) mass is 365 g/mol. The van der Waals surface area contributed by atoms with Gasteiger partial charge in [-0.25, -0.2) is 8.42 Å². The minimum absolute atomic E-state index is 0.0690. The summed E-state index contributed by atoms with van der Waals surface area (Å²) >= 11 is 2.09. The third kappa shape index (κ3) is 4.22. The summed E-state index contributed by atoms with van der Waals surface area (Å²) < 4.78 is 26.2. The number of carbonyl (C=O) groups is 1. The van der Waals surface area contributed by atoms with Crippen molar-refractivity contribution in [2.45, 2.75) is 30.5 Å². The summed E-state index contributed by atoms with van der Waals surface area (Å²) in [5.41, 5.74) is 0.690. The van der Waals surface area contributed by atoms with Crippen LogP contribution in [0, 0.1) is 0 Å². The highest BCUT2D eigenvalue weighted by Crippen LogP contribution is 2.24. The summed E-state index contributed by atoms with van der Waals surface area (Å²) in [7, 11) is 1.53. The Morgan fingerprint density at radius 1 is 1.43 bits per heavy atom. The van der Waals surface area contributed by atoms with Crippen molar-refractivity contribution in [2.75, 3.05) is 0 Å². The predicted molar refractivity (Wildman–Crippen MR) is 82.4 cm³/mol. The zero-order valence-electron chi connectivity index (χ0n) is 11.0. The predicted octanol–water partition coefficient (Wildman–Crippen LogP) is 2.41. The summed E-state index contributed by atoms with van der Waals surface area (Å²) in [6.45, 7) is 2.24. The summed E-state index contributed by atoms with van der Waals surface area (Å²) in [4.78, 5) is 13.3. The first-order valence-electron chi connectivity index (χ1n) is 6.04. The molecule has 0 aliphatic rings. The number of nitrogens with zero attached hydrogens (tertiary/aromatic N) is 2. The fourth-order valence-corrected chi connectivity index (χ4v) is 4.30. The number of aryl methyl sites for hydroxylation is 1. The molecule has 0 atom stereocenters. The molecule has 1 N–H and O–H groups in total. The molecule has 0 saturated carbocycles. The van der Waals surface area contributed by atoms with Gasteiger partial charge in [0.05, 0.1) is 12.2 Å². The fourth-order valence-electron chi connectivity index (χ4n) is 1.61. The highest BCUT2D eigenvalue weighted by Gasteiger charge is 2.17. The molecular weight excluding hydrogens is 354 g/mol. The van der Waals surface area contributed by atoms with Gasteiger partial charge in [0.25, 0.3) is 15.0 Å². The van der Waals surface area contributed by atoms with E-state index in [2.05, 4.69) is 14.9 Å². The summed E-state index contributed by atoms with van der Waals surface area (Å²) in [6, 6.07) is 3.04. The topological polar surface area (TPSA) is 89.0 Å². The first-order valence-corrected chi connectivity index (χ1v) is 9.94. The molecule has 6 nitrogen and oxygen atoms in total. The Kier molecular flexibility index (Phi) is 5.31.